The number of aryl methyl sites for hydroxylation is 1. The summed E-state index contributed by atoms with van der Waals surface area (Å²) in [4.78, 5) is 51.0. The van der Waals surface area contributed by atoms with E-state index < -0.39 is 29.9 Å². The molecule has 2 aliphatic rings. The maximum absolute atomic E-state index is 13.0. The summed E-state index contributed by atoms with van der Waals surface area (Å²) in [5.41, 5.74) is 5.41. The van der Waals surface area contributed by atoms with Crippen molar-refractivity contribution in [3.05, 3.63) is 35.4 Å². The topological polar surface area (TPSA) is 108 Å². The largest absolute Gasteiger partial charge is 0.325 e. The highest BCUT2D eigenvalue weighted by Gasteiger charge is 2.53. The van der Waals surface area contributed by atoms with Crippen molar-refractivity contribution in [2.75, 3.05) is 6.54 Å². The molecule has 1 saturated heterocycles. The van der Waals surface area contributed by atoms with Crippen LogP contribution < -0.4 is 16.2 Å². The number of hydrogen-bond donors (Lipinski definition) is 3. The molecule has 3 rings (SSSR count). The summed E-state index contributed by atoms with van der Waals surface area (Å²) in [6.45, 7) is 8.24. The molecule has 1 aromatic carbocycles. The first-order chi connectivity index (χ1) is 15.1. The summed E-state index contributed by atoms with van der Waals surface area (Å²) >= 11 is 0. The lowest BCUT2D eigenvalue weighted by atomic mass is 9.65. The molecular weight excluding hydrogens is 408 g/mol. The van der Waals surface area contributed by atoms with Crippen LogP contribution in [-0.2, 0) is 16.0 Å². The molecule has 32 heavy (non-hydrogen) atoms. The number of rotatable bonds is 6. The van der Waals surface area contributed by atoms with Crippen LogP contribution in [-0.4, -0.2) is 40.7 Å². The van der Waals surface area contributed by atoms with Gasteiger partial charge < -0.3 is 5.32 Å². The van der Waals surface area contributed by atoms with E-state index in [0.29, 0.717) is 24.3 Å². The van der Waals surface area contributed by atoms with Crippen LogP contribution in [0.4, 0.5) is 4.79 Å². The van der Waals surface area contributed by atoms with Crippen molar-refractivity contribution in [2.45, 2.75) is 71.8 Å². The Balaban J connectivity index is 1.54. The molecule has 5 amide bonds. The standard InChI is InChI=1S/C24H34N4O4/c1-5-16-7-9-17(10-8-16)20(30)27-26-19(29)15-28-21(31)24(25-22(28)32)13-11-18(12-14-24)23(3,4)6-2/h7-10,18H,5-6,11-15H2,1-4H3,(H,25,32)(H,26,29)(H,27,30). The first-order valence-corrected chi connectivity index (χ1v) is 11.4. The fourth-order valence-electron chi connectivity index (χ4n) is 4.61. The van der Waals surface area contributed by atoms with Gasteiger partial charge in [-0.3, -0.25) is 30.1 Å². The highest BCUT2D eigenvalue weighted by Crippen LogP contribution is 2.45. The molecule has 3 N–H and O–H groups in total. The van der Waals surface area contributed by atoms with E-state index in [1.807, 2.05) is 19.1 Å². The number of carbonyl (C=O) groups excluding carboxylic acids is 4. The zero-order valence-corrected chi connectivity index (χ0v) is 19.4. The smallest absolute Gasteiger partial charge is 0.323 e. The second-order valence-corrected chi connectivity index (χ2v) is 9.57. The van der Waals surface area contributed by atoms with Crippen LogP contribution in [0.2, 0.25) is 0 Å². The summed E-state index contributed by atoms with van der Waals surface area (Å²) in [5, 5.41) is 2.84. The van der Waals surface area contributed by atoms with E-state index in [-0.39, 0.29) is 11.3 Å². The van der Waals surface area contributed by atoms with Crippen LogP contribution in [0.1, 0.15) is 75.7 Å². The second kappa shape index (κ2) is 9.30. The van der Waals surface area contributed by atoms with Crippen LogP contribution in [0.5, 0.6) is 0 Å². The van der Waals surface area contributed by atoms with Crippen LogP contribution in [0.25, 0.3) is 0 Å². The van der Waals surface area contributed by atoms with Gasteiger partial charge in [-0.1, -0.05) is 46.2 Å². The summed E-state index contributed by atoms with van der Waals surface area (Å²) in [6.07, 6.45) is 4.80. The summed E-state index contributed by atoms with van der Waals surface area (Å²) in [7, 11) is 0. The molecule has 174 valence electrons. The monoisotopic (exact) mass is 442 g/mol. The molecule has 0 aromatic heterocycles. The SMILES string of the molecule is CCc1ccc(C(=O)NNC(=O)CN2C(=O)NC3(CCC(C(C)(C)CC)CC3)C2=O)cc1. The first kappa shape index (κ1) is 23.8. The fourth-order valence-corrected chi connectivity index (χ4v) is 4.61. The van der Waals surface area contributed by atoms with Crippen molar-refractivity contribution < 1.29 is 19.2 Å². The summed E-state index contributed by atoms with van der Waals surface area (Å²) in [5.74, 6) is -0.954. The zero-order valence-electron chi connectivity index (χ0n) is 19.4. The molecule has 8 nitrogen and oxygen atoms in total. The number of nitrogens with one attached hydrogen (secondary N) is 3. The highest BCUT2D eigenvalue weighted by atomic mass is 16.2. The molecule has 0 bridgehead atoms. The molecule has 1 spiro atoms. The van der Waals surface area contributed by atoms with Gasteiger partial charge >= 0.3 is 6.03 Å². The maximum atomic E-state index is 13.0. The molecule has 1 aromatic rings. The van der Waals surface area contributed by atoms with Gasteiger partial charge in [-0.2, -0.15) is 0 Å². The number of benzene rings is 1. The number of amides is 5. The quantitative estimate of drug-likeness (QED) is 0.465. The maximum Gasteiger partial charge on any atom is 0.325 e. The number of nitrogens with zero attached hydrogens (tertiary/aromatic N) is 1. The lowest BCUT2D eigenvalue weighted by Crippen LogP contribution is -2.51. The van der Waals surface area contributed by atoms with Gasteiger partial charge in [0, 0.05) is 5.56 Å². The Kier molecular flexibility index (Phi) is 6.91. The summed E-state index contributed by atoms with van der Waals surface area (Å²) in [6, 6.07) is 6.49. The van der Waals surface area contributed by atoms with Gasteiger partial charge in [-0.15, -0.1) is 0 Å². The normalized spacial score (nSPS) is 23.2. The summed E-state index contributed by atoms with van der Waals surface area (Å²) < 4.78 is 0. The Labute approximate surface area is 189 Å². The molecule has 8 heteroatoms. The van der Waals surface area contributed by atoms with Crippen molar-refractivity contribution in [1.29, 1.82) is 0 Å². The van der Waals surface area contributed by atoms with E-state index in [1.165, 1.54) is 0 Å². The minimum atomic E-state index is -0.915. The molecule has 0 unspecified atom stereocenters. The van der Waals surface area contributed by atoms with Crippen molar-refractivity contribution in [3.63, 3.8) is 0 Å². The van der Waals surface area contributed by atoms with Crippen molar-refractivity contribution in [2.24, 2.45) is 11.3 Å². The third kappa shape index (κ3) is 4.79. The highest BCUT2D eigenvalue weighted by molar-refractivity contribution is 6.09. The predicted octanol–water partition coefficient (Wildman–Crippen LogP) is 2.93. The molecule has 0 atom stereocenters. The zero-order chi connectivity index (χ0) is 23.5. The van der Waals surface area contributed by atoms with Gasteiger partial charge in [0.05, 0.1) is 0 Å². The molecule has 1 saturated carbocycles. The van der Waals surface area contributed by atoms with Gasteiger partial charge in [-0.05, 0) is 61.1 Å². The Morgan fingerprint density at radius 1 is 1.09 bits per heavy atom. The number of hydrazine groups is 1. The molecular formula is C24H34N4O4. The van der Waals surface area contributed by atoms with Gasteiger partial charge in [0.15, 0.2) is 0 Å². The van der Waals surface area contributed by atoms with Gasteiger partial charge in [0.2, 0.25) is 0 Å². The van der Waals surface area contributed by atoms with Crippen LogP contribution >= 0.6 is 0 Å². The minimum Gasteiger partial charge on any atom is -0.323 e. The molecule has 1 aliphatic heterocycles. The van der Waals surface area contributed by atoms with Crippen LogP contribution in [0, 0.1) is 11.3 Å². The Bertz CT molecular complexity index is 886. The van der Waals surface area contributed by atoms with Crippen LogP contribution in [0.3, 0.4) is 0 Å². The van der Waals surface area contributed by atoms with Crippen molar-refractivity contribution in [3.8, 4) is 0 Å². The average Bonchev–Trinajstić information content (AvgIpc) is 3.01. The van der Waals surface area contributed by atoms with Crippen LogP contribution in [0.15, 0.2) is 24.3 Å². The van der Waals surface area contributed by atoms with E-state index in [1.54, 1.807) is 12.1 Å². The number of hydrogen-bond acceptors (Lipinski definition) is 4. The van der Waals surface area contributed by atoms with Gasteiger partial charge in [0.1, 0.15) is 12.1 Å². The Hall–Kier alpha value is -2.90. The Morgan fingerprint density at radius 3 is 2.28 bits per heavy atom. The Morgan fingerprint density at radius 2 is 1.72 bits per heavy atom. The lowest BCUT2D eigenvalue weighted by Gasteiger charge is -2.42. The van der Waals surface area contributed by atoms with E-state index in [4.69, 9.17) is 0 Å². The van der Waals surface area contributed by atoms with E-state index in [2.05, 4.69) is 36.9 Å². The van der Waals surface area contributed by atoms with Gasteiger partial charge in [0.25, 0.3) is 17.7 Å². The van der Waals surface area contributed by atoms with Gasteiger partial charge in [-0.25, -0.2) is 4.79 Å². The second-order valence-electron chi connectivity index (χ2n) is 9.57. The van der Waals surface area contributed by atoms with E-state index in [9.17, 15) is 19.2 Å². The number of imide groups is 1. The van der Waals surface area contributed by atoms with Crippen molar-refractivity contribution in [1.82, 2.24) is 21.1 Å². The number of urea groups is 1. The molecule has 1 heterocycles. The van der Waals surface area contributed by atoms with Crippen molar-refractivity contribution >= 4 is 23.8 Å². The fraction of sp³-hybridized carbons (Fsp3) is 0.583. The average molecular weight is 443 g/mol. The predicted molar refractivity (Wildman–Crippen MR) is 120 cm³/mol. The molecule has 2 fully saturated rings. The first-order valence-electron chi connectivity index (χ1n) is 11.4. The third-order valence-corrected chi connectivity index (χ3v) is 7.34. The molecule has 0 radical (unpaired) electrons. The van der Waals surface area contributed by atoms with E-state index in [0.717, 1.165) is 36.1 Å². The van der Waals surface area contributed by atoms with E-state index >= 15 is 0 Å². The number of carbonyl (C=O) groups is 4. The third-order valence-electron chi connectivity index (χ3n) is 7.34. The lowest BCUT2D eigenvalue weighted by molar-refractivity contribution is -0.136. The molecule has 1 aliphatic carbocycles. The minimum absolute atomic E-state index is 0.196.